The van der Waals surface area contributed by atoms with Crippen LogP contribution in [0.4, 0.5) is 0 Å². The van der Waals surface area contributed by atoms with Crippen molar-refractivity contribution in [3.8, 4) is 11.3 Å². The van der Waals surface area contributed by atoms with Gasteiger partial charge < -0.3 is 9.72 Å². The summed E-state index contributed by atoms with van der Waals surface area (Å²) in [4.78, 5) is 7.97. The minimum Gasteiger partial charge on any atom is -0.367 e. The highest BCUT2D eigenvalue weighted by Gasteiger charge is 2.38. The molecule has 0 saturated heterocycles. The van der Waals surface area contributed by atoms with E-state index in [9.17, 15) is 0 Å². The first-order valence-corrected chi connectivity index (χ1v) is 7.78. The van der Waals surface area contributed by atoms with Crippen molar-refractivity contribution >= 4 is 12.2 Å². The SMILES string of the molecule is CCOC1(c2nc(=S)cc(-c3cnn(C)c3)[nH]2)CCCC1. The minimum absolute atomic E-state index is 0.305. The zero-order valence-electron chi connectivity index (χ0n) is 12.4. The fraction of sp³-hybridized carbons (Fsp3) is 0.533. The predicted octanol–water partition coefficient (Wildman–Crippen LogP) is 3.35. The molecule has 2 heterocycles. The topological polar surface area (TPSA) is 55.7 Å². The van der Waals surface area contributed by atoms with Crippen LogP contribution in [0.3, 0.4) is 0 Å². The fourth-order valence-corrected chi connectivity index (χ4v) is 3.27. The van der Waals surface area contributed by atoms with Crippen LogP contribution in [-0.4, -0.2) is 26.4 Å². The molecule has 112 valence electrons. The van der Waals surface area contributed by atoms with Gasteiger partial charge >= 0.3 is 0 Å². The molecular weight excluding hydrogens is 284 g/mol. The highest BCUT2D eigenvalue weighted by atomic mass is 32.1. The first-order valence-electron chi connectivity index (χ1n) is 7.38. The Kier molecular flexibility index (Phi) is 3.91. The van der Waals surface area contributed by atoms with Crippen LogP contribution in [0.1, 0.15) is 38.4 Å². The van der Waals surface area contributed by atoms with E-state index in [2.05, 4.69) is 15.1 Å². The third kappa shape index (κ3) is 2.78. The molecule has 1 aliphatic carbocycles. The molecule has 0 aliphatic heterocycles. The summed E-state index contributed by atoms with van der Waals surface area (Å²) in [6, 6.07) is 1.88. The third-order valence-corrected chi connectivity index (χ3v) is 4.23. The summed E-state index contributed by atoms with van der Waals surface area (Å²) >= 11 is 5.35. The molecule has 0 bridgehead atoms. The molecule has 1 N–H and O–H groups in total. The van der Waals surface area contributed by atoms with Gasteiger partial charge in [0.1, 0.15) is 16.1 Å². The Morgan fingerprint density at radius 1 is 1.43 bits per heavy atom. The monoisotopic (exact) mass is 304 g/mol. The maximum absolute atomic E-state index is 6.07. The molecule has 2 aromatic rings. The quantitative estimate of drug-likeness (QED) is 0.880. The molecule has 0 aromatic carbocycles. The van der Waals surface area contributed by atoms with Gasteiger partial charge in [-0.2, -0.15) is 5.10 Å². The molecule has 1 aliphatic rings. The number of aryl methyl sites for hydroxylation is 1. The largest absolute Gasteiger partial charge is 0.367 e. The van der Waals surface area contributed by atoms with E-state index in [1.807, 2.05) is 32.4 Å². The van der Waals surface area contributed by atoms with Crippen molar-refractivity contribution in [2.75, 3.05) is 6.61 Å². The second-order valence-corrected chi connectivity index (χ2v) is 5.94. The number of hydrogen-bond acceptors (Lipinski definition) is 4. The Labute approximate surface area is 129 Å². The summed E-state index contributed by atoms with van der Waals surface area (Å²) in [7, 11) is 1.90. The number of H-pyrrole nitrogens is 1. The van der Waals surface area contributed by atoms with Gasteiger partial charge in [0.15, 0.2) is 0 Å². The standard InChI is InChI=1S/C15H20N4OS/c1-3-20-15(6-4-5-7-15)14-17-12(8-13(21)18-14)11-9-16-19(2)10-11/h8-10H,3-7H2,1-2H3,(H,17,18,21). The van der Waals surface area contributed by atoms with E-state index < -0.39 is 0 Å². The number of aromatic nitrogens is 4. The van der Waals surface area contributed by atoms with Crippen molar-refractivity contribution in [3.63, 3.8) is 0 Å². The Morgan fingerprint density at radius 3 is 2.81 bits per heavy atom. The van der Waals surface area contributed by atoms with Gasteiger partial charge in [-0.15, -0.1) is 0 Å². The van der Waals surface area contributed by atoms with Crippen molar-refractivity contribution in [3.05, 3.63) is 28.9 Å². The van der Waals surface area contributed by atoms with Gasteiger partial charge in [0, 0.05) is 25.4 Å². The van der Waals surface area contributed by atoms with Crippen molar-refractivity contribution in [1.29, 1.82) is 0 Å². The van der Waals surface area contributed by atoms with Crippen LogP contribution in [-0.2, 0) is 17.4 Å². The highest BCUT2D eigenvalue weighted by molar-refractivity contribution is 7.71. The number of nitrogens with one attached hydrogen (secondary N) is 1. The minimum atomic E-state index is -0.305. The van der Waals surface area contributed by atoms with Crippen LogP contribution in [0.2, 0.25) is 0 Å². The fourth-order valence-electron chi connectivity index (χ4n) is 3.06. The molecule has 5 nitrogen and oxygen atoms in total. The molecule has 21 heavy (non-hydrogen) atoms. The van der Waals surface area contributed by atoms with Crippen molar-refractivity contribution in [2.45, 2.75) is 38.2 Å². The zero-order chi connectivity index (χ0) is 14.9. The maximum atomic E-state index is 6.07. The van der Waals surface area contributed by atoms with E-state index in [4.69, 9.17) is 17.0 Å². The molecule has 0 spiro atoms. The zero-order valence-corrected chi connectivity index (χ0v) is 13.2. The van der Waals surface area contributed by atoms with Crippen molar-refractivity contribution in [1.82, 2.24) is 19.7 Å². The van der Waals surface area contributed by atoms with Gasteiger partial charge in [0.2, 0.25) is 0 Å². The van der Waals surface area contributed by atoms with Crippen LogP contribution in [0.25, 0.3) is 11.3 Å². The lowest BCUT2D eigenvalue weighted by Gasteiger charge is -2.28. The van der Waals surface area contributed by atoms with E-state index in [1.54, 1.807) is 4.68 Å². The molecule has 0 atom stereocenters. The van der Waals surface area contributed by atoms with Gasteiger partial charge in [0.25, 0.3) is 0 Å². The van der Waals surface area contributed by atoms with Crippen molar-refractivity contribution in [2.24, 2.45) is 7.05 Å². The average molecular weight is 304 g/mol. The smallest absolute Gasteiger partial charge is 0.140 e. The normalized spacial score (nSPS) is 17.2. The van der Waals surface area contributed by atoms with Gasteiger partial charge in [-0.3, -0.25) is 4.68 Å². The molecule has 0 amide bonds. The lowest BCUT2D eigenvalue weighted by atomic mass is 10.0. The summed E-state index contributed by atoms with van der Waals surface area (Å²) in [5.74, 6) is 0.855. The summed E-state index contributed by atoms with van der Waals surface area (Å²) < 4.78 is 8.44. The number of nitrogens with zero attached hydrogens (tertiary/aromatic N) is 3. The molecule has 1 fully saturated rings. The molecule has 0 radical (unpaired) electrons. The van der Waals surface area contributed by atoms with E-state index in [-0.39, 0.29) is 5.60 Å². The van der Waals surface area contributed by atoms with Crippen molar-refractivity contribution < 1.29 is 4.74 Å². The first kappa shape index (κ1) is 14.4. The molecule has 1 saturated carbocycles. The third-order valence-electron chi connectivity index (χ3n) is 4.02. The number of aromatic amines is 1. The predicted molar refractivity (Wildman–Crippen MR) is 83.4 cm³/mol. The van der Waals surface area contributed by atoms with E-state index >= 15 is 0 Å². The number of hydrogen-bond donors (Lipinski definition) is 1. The average Bonchev–Trinajstić information content (AvgIpc) is 3.08. The second kappa shape index (κ2) is 5.69. The second-order valence-electron chi connectivity index (χ2n) is 5.52. The Morgan fingerprint density at radius 2 is 2.19 bits per heavy atom. The van der Waals surface area contributed by atoms with E-state index in [0.29, 0.717) is 11.2 Å². The summed E-state index contributed by atoms with van der Waals surface area (Å²) in [6.45, 7) is 2.71. The maximum Gasteiger partial charge on any atom is 0.140 e. The van der Waals surface area contributed by atoms with Crippen LogP contribution in [0.5, 0.6) is 0 Å². The first-order chi connectivity index (χ1) is 10.1. The molecule has 6 heteroatoms. The summed E-state index contributed by atoms with van der Waals surface area (Å²) in [6.07, 6.45) is 8.11. The van der Waals surface area contributed by atoms with Crippen LogP contribution in [0, 0.1) is 4.64 Å². The van der Waals surface area contributed by atoms with Gasteiger partial charge in [0.05, 0.1) is 11.9 Å². The lowest BCUT2D eigenvalue weighted by molar-refractivity contribution is -0.0457. The van der Waals surface area contributed by atoms with Gasteiger partial charge in [-0.05, 0) is 38.7 Å². The highest BCUT2D eigenvalue weighted by Crippen LogP contribution is 2.40. The lowest BCUT2D eigenvalue weighted by Crippen LogP contribution is -2.29. The Balaban J connectivity index is 2.07. The summed E-state index contributed by atoms with van der Waals surface area (Å²) in [5.41, 5.74) is 1.65. The molecular formula is C15H20N4OS. The van der Waals surface area contributed by atoms with Crippen LogP contribution < -0.4 is 0 Å². The van der Waals surface area contributed by atoms with Gasteiger partial charge in [-0.25, -0.2) is 4.98 Å². The molecule has 2 aromatic heterocycles. The van der Waals surface area contributed by atoms with Crippen LogP contribution in [0.15, 0.2) is 18.5 Å². The Bertz CT molecular complexity index is 685. The molecule has 3 rings (SSSR count). The van der Waals surface area contributed by atoms with Gasteiger partial charge in [-0.1, -0.05) is 12.2 Å². The number of ether oxygens (including phenoxy) is 1. The van der Waals surface area contributed by atoms with E-state index in [1.165, 1.54) is 12.8 Å². The number of rotatable bonds is 4. The van der Waals surface area contributed by atoms with Crippen LogP contribution >= 0.6 is 12.2 Å². The molecule has 0 unspecified atom stereocenters. The van der Waals surface area contributed by atoms with E-state index in [0.717, 1.165) is 29.9 Å². The Hall–Kier alpha value is -1.53. The summed E-state index contributed by atoms with van der Waals surface area (Å²) in [5, 5.41) is 4.21.